The number of anilines is 2. The largest absolute Gasteiger partial charge is 0.462 e. The molecule has 3 aromatic carbocycles. The predicted molar refractivity (Wildman–Crippen MR) is 134 cm³/mol. The van der Waals surface area contributed by atoms with E-state index in [1.807, 2.05) is 0 Å². The molecule has 0 bridgehead atoms. The van der Waals surface area contributed by atoms with Crippen LogP contribution in [0.4, 0.5) is 11.4 Å². The van der Waals surface area contributed by atoms with Crippen LogP contribution < -0.4 is 9.62 Å². The average Bonchev–Trinajstić information content (AvgIpc) is 2.78. The fourth-order valence-corrected chi connectivity index (χ4v) is 4.40. The molecule has 0 saturated carbocycles. The molecule has 0 atom stereocenters. The van der Waals surface area contributed by atoms with Gasteiger partial charge in [-0.1, -0.05) is 41.4 Å². The van der Waals surface area contributed by atoms with Crippen LogP contribution in [0.1, 0.15) is 33.2 Å². The molecule has 10 heteroatoms. The molecule has 0 heterocycles. The number of benzene rings is 3. The number of halogens is 2. The molecule has 178 valence electrons. The van der Waals surface area contributed by atoms with Gasteiger partial charge in [0.05, 0.1) is 41.4 Å². The molecule has 0 unspecified atom stereocenters. The zero-order chi connectivity index (χ0) is 24.9. The first-order chi connectivity index (χ1) is 16.1. The Morgan fingerprint density at radius 1 is 0.971 bits per heavy atom. The quantitative estimate of drug-likeness (QED) is 0.402. The number of hydrogen-bond acceptors (Lipinski definition) is 5. The number of hydrogen-bond donors (Lipinski definition) is 1. The van der Waals surface area contributed by atoms with Crippen LogP contribution in [0.3, 0.4) is 0 Å². The van der Waals surface area contributed by atoms with Crippen molar-refractivity contribution in [3.63, 3.8) is 0 Å². The van der Waals surface area contributed by atoms with E-state index in [9.17, 15) is 18.0 Å². The summed E-state index contributed by atoms with van der Waals surface area (Å²) in [5.41, 5.74) is 2.09. The monoisotopic (exact) mass is 520 g/mol. The summed E-state index contributed by atoms with van der Waals surface area (Å²) >= 11 is 12.2. The van der Waals surface area contributed by atoms with Crippen LogP contribution >= 0.6 is 23.2 Å². The minimum absolute atomic E-state index is 0.0717. The zero-order valence-corrected chi connectivity index (χ0v) is 20.7. The molecule has 0 spiro atoms. The third-order valence-electron chi connectivity index (χ3n) is 4.77. The third kappa shape index (κ3) is 6.50. The van der Waals surface area contributed by atoms with E-state index in [2.05, 4.69) is 5.32 Å². The smallest absolute Gasteiger partial charge is 0.338 e. The SMILES string of the molecule is CCOC(=O)c1ccc(NC(=O)c2ccc(CN(c3cccc(Cl)c3)S(C)(=O)=O)cc2)c(Cl)c1. The molecule has 3 aromatic rings. The summed E-state index contributed by atoms with van der Waals surface area (Å²) in [4.78, 5) is 24.5. The Labute approximate surface area is 208 Å². The van der Waals surface area contributed by atoms with E-state index >= 15 is 0 Å². The first-order valence-electron chi connectivity index (χ1n) is 10.2. The van der Waals surface area contributed by atoms with E-state index in [0.29, 0.717) is 27.5 Å². The standard InChI is InChI=1S/C24H22Cl2N2O5S/c1-3-33-24(30)18-11-12-22(21(26)13-18)27-23(29)17-9-7-16(8-10-17)15-28(34(2,31)32)20-6-4-5-19(25)14-20/h4-14H,3,15H2,1-2H3,(H,27,29). The van der Waals surface area contributed by atoms with Gasteiger partial charge in [-0.2, -0.15) is 0 Å². The number of rotatable bonds is 8. The van der Waals surface area contributed by atoms with Crippen molar-refractivity contribution >= 4 is 56.5 Å². The van der Waals surface area contributed by atoms with E-state index in [1.54, 1.807) is 55.5 Å². The van der Waals surface area contributed by atoms with Crippen LogP contribution in [0.15, 0.2) is 66.7 Å². The van der Waals surface area contributed by atoms with Crippen LogP contribution in [0.5, 0.6) is 0 Å². The van der Waals surface area contributed by atoms with Crippen LogP contribution in [0.2, 0.25) is 10.0 Å². The van der Waals surface area contributed by atoms with Gasteiger partial charge in [0.2, 0.25) is 10.0 Å². The molecule has 7 nitrogen and oxygen atoms in total. The number of carbonyl (C=O) groups is 2. The van der Waals surface area contributed by atoms with Crippen molar-refractivity contribution in [3.05, 3.63) is 93.5 Å². The first kappa shape index (κ1) is 25.6. The normalized spacial score (nSPS) is 11.1. The van der Waals surface area contributed by atoms with Crippen LogP contribution in [-0.4, -0.2) is 33.2 Å². The Kier molecular flexibility index (Phi) is 8.19. The van der Waals surface area contributed by atoms with Gasteiger partial charge in [-0.25, -0.2) is 13.2 Å². The van der Waals surface area contributed by atoms with E-state index < -0.39 is 21.9 Å². The molecule has 0 aliphatic rings. The maximum atomic E-state index is 12.7. The number of ether oxygens (including phenoxy) is 1. The lowest BCUT2D eigenvalue weighted by Crippen LogP contribution is -2.29. The van der Waals surface area contributed by atoms with Crippen molar-refractivity contribution in [2.75, 3.05) is 22.5 Å². The Morgan fingerprint density at radius 3 is 2.24 bits per heavy atom. The van der Waals surface area contributed by atoms with E-state index in [1.165, 1.54) is 22.5 Å². The number of nitrogens with zero attached hydrogens (tertiary/aromatic N) is 1. The van der Waals surface area contributed by atoms with Crippen molar-refractivity contribution in [2.45, 2.75) is 13.5 Å². The number of sulfonamides is 1. The van der Waals surface area contributed by atoms with Crippen LogP contribution in [0, 0.1) is 0 Å². The summed E-state index contributed by atoms with van der Waals surface area (Å²) in [7, 11) is -3.57. The molecule has 0 fully saturated rings. The molecule has 0 saturated heterocycles. The first-order valence-corrected chi connectivity index (χ1v) is 12.8. The van der Waals surface area contributed by atoms with Crippen molar-refractivity contribution in [2.24, 2.45) is 0 Å². The number of esters is 1. The molecular weight excluding hydrogens is 499 g/mol. The molecule has 1 amide bonds. The highest BCUT2D eigenvalue weighted by molar-refractivity contribution is 7.92. The Bertz CT molecular complexity index is 1310. The summed E-state index contributed by atoms with van der Waals surface area (Å²) in [6.07, 6.45) is 1.12. The van der Waals surface area contributed by atoms with Crippen molar-refractivity contribution in [3.8, 4) is 0 Å². The second-order valence-corrected chi connectivity index (χ2v) is 10.1. The summed E-state index contributed by atoms with van der Waals surface area (Å²) in [5, 5.41) is 3.32. The predicted octanol–water partition coefficient (Wildman–Crippen LogP) is 5.39. The van der Waals surface area contributed by atoms with Gasteiger partial charge in [-0.3, -0.25) is 9.10 Å². The fourth-order valence-electron chi connectivity index (χ4n) is 3.11. The molecule has 1 N–H and O–H groups in total. The Balaban J connectivity index is 1.73. The lowest BCUT2D eigenvalue weighted by Gasteiger charge is -2.22. The van der Waals surface area contributed by atoms with Gasteiger partial charge in [0, 0.05) is 10.6 Å². The summed E-state index contributed by atoms with van der Waals surface area (Å²) in [6, 6.07) is 17.5. The van der Waals surface area contributed by atoms with Crippen molar-refractivity contribution < 1.29 is 22.7 Å². The fraction of sp³-hybridized carbons (Fsp3) is 0.167. The minimum Gasteiger partial charge on any atom is -0.462 e. The molecule has 0 aliphatic heterocycles. The highest BCUT2D eigenvalue weighted by Gasteiger charge is 2.19. The topological polar surface area (TPSA) is 92.8 Å². The molecule has 0 aromatic heterocycles. The van der Waals surface area contributed by atoms with Gasteiger partial charge in [-0.05, 0) is 61.0 Å². The number of nitrogens with one attached hydrogen (secondary N) is 1. The van der Waals surface area contributed by atoms with E-state index in [0.717, 1.165) is 6.26 Å². The van der Waals surface area contributed by atoms with Gasteiger partial charge in [0.25, 0.3) is 5.91 Å². The number of amides is 1. The molecular formula is C24H22Cl2N2O5S. The maximum absolute atomic E-state index is 12.7. The highest BCUT2D eigenvalue weighted by atomic mass is 35.5. The van der Waals surface area contributed by atoms with Gasteiger partial charge in [0.1, 0.15) is 0 Å². The maximum Gasteiger partial charge on any atom is 0.338 e. The van der Waals surface area contributed by atoms with Gasteiger partial charge < -0.3 is 10.1 Å². The minimum atomic E-state index is -3.57. The average molecular weight is 521 g/mol. The summed E-state index contributed by atoms with van der Waals surface area (Å²) in [5.74, 6) is -0.911. The molecule has 34 heavy (non-hydrogen) atoms. The van der Waals surface area contributed by atoms with E-state index in [-0.39, 0.29) is 23.7 Å². The van der Waals surface area contributed by atoms with Gasteiger partial charge in [0.15, 0.2) is 0 Å². The number of carbonyl (C=O) groups excluding carboxylic acids is 2. The van der Waals surface area contributed by atoms with E-state index in [4.69, 9.17) is 27.9 Å². The Morgan fingerprint density at radius 2 is 1.65 bits per heavy atom. The van der Waals surface area contributed by atoms with Gasteiger partial charge in [-0.15, -0.1) is 0 Å². The van der Waals surface area contributed by atoms with Gasteiger partial charge >= 0.3 is 5.97 Å². The lowest BCUT2D eigenvalue weighted by atomic mass is 10.1. The lowest BCUT2D eigenvalue weighted by molar-refractivity contribution is 0.0526. The van der Waals surface area contributed by atoms with Crippen molar-refractivity contribution in [1.82, 2.24) is 0 Å². The summed E-state index contributed by atoms with van der Waals surface area (Å²) in [6.45, 7) is 2.02. The summed E-state index contributed by atoms with van der Waals surface area (Å²) < 4.78 is 30.8. The second-order valence-electron chi connectivity index (χ2n) is 7.32. The highest BCUT2D eigenvalue weighted by Crippen LogP contribution is 2.26. The van der Waals surface area contributed by atoms with Crippen LogP contribution in [-0.2, 0) is 21.3 Å². The third-order valence-corrected chi connectivity index (χ3v) is 6.46. The molecule has 0 aliphatic carbocycles. The van der Waals surface area contributed by atoms with Crippen molar-refractivity contribution in [1.29, 1.82) is 0 Å². The molecule has 3 rings (SSSR count). The Hall–Kier alpha value is -3.07. The zero-order valence-electron chi connectivity index (χ0n) is 18.4. The van der Waals surface area contributed by atoms with Crippen LogP contribution in [0.25, 0.3) is 0 Å². The second kappa shape index (κ2) is 10.9. The molecule has 0 radical (unpaired) electrons.